The molecule has 0 heterocycles. The third-order valence-electron chi connectivity index (χ3n) is 3.01. The van der Waals surface area contributed by atoms with Gasteiger partial charge >= 0.3 is 0 Å². The Labute approximate surface area is 159 Å². The van der Waals surface area contributed by atoms with Crippen molar-refractivity contribution in [3.63, 3.8) is 0 Å². The number of halogens is 4. The molecule has 2 aromatic rings. The van der Waals surface area contributed by atoms with E-state index in [-0.39, 0.29) is 5.38 Å². The van der Waals surface area contributed by atoms with Crippen molar-refractivity contribution in [1.29, 1.82) is 0 Å². The summed E-state index contributed by atoms with van der Waals surface area (Å²) in [5, 5.41) is -0.327. The van der Waals surface area contributed by atoms with Gasteiger partial charge in [0.15, 0.2) is 0 Å². The smallest absolute Gasteiger partial charge is 0.133 e. The van der Waals surface area contributed by atoms with E-state index < -0.39 is 0 Å². The van der Waals surface area contributed by atoms with Crippen molar-refractivity contribution in [2.24, 2.45) is 0 Å². The molecule has 0 spiro atoms. The van der Waals surface area contributed by atoms with Crippen LogP contribution in [0, 0.1) is 3.57 Å². The molecule has 0 saturated carbocycles. The minimum absolute atomic E-state index is 0.327. The lowest BCUT2D eigenvalue weighted by Crippen LogP contribution is -2.01. The van der Waals surface area contributed by atoms with Gasteiger partial charge in [0.05, 0.1) is 24.1 Å². The van der Waals surface area contributed by atoms with E-state index in [0.717, 1.165) is 35.1 Å². The molecular weight excluding hydrogens is 534 g/mol. The first-order valence-corrected chi connectivity index (χ1v) is 9.08. The Hall–Kier alpha value is 0.0200. The Morgan fingerprint density at radius 2 is 1.67 bits per heavy atom. The summed E-state index contributed by atoms with van der Waals surface area (Å²) in [6.07, 6.45) is 0. The zero-order chi connectivity index (χ0) is 15.6. The number of hydrogen-bond donors (Lipinski definition) is 0. The molecule has 0 N–H and O–H groups in total. The van der Waals surface area contributed by atoms with Crippen LogP contribution in [0.5, 0.6) is 11.5 Å². The molecule has 6 heteroatoms. The monoisotopic (exact) mass is 544 g/mol. The Balaban J connectivity index is 2.56. The molecule has 112 valence electrons. The summed E-state index contributed by atoms with van der Waals surface area (Å²) in [5.41, 5.74) is 1.89. The van der Waals surface area contributed by atoms with Crippen LogP contribution in [-0.4, -0.2) is 14.2 Å². The van der Waals surface area contributed by atoms with Gasteiger partial charge in [-0.2, -0.15) is 0 Å². The molecule has 1 atom stereocenters. The first-order valence-electron chi connectivity index (χ1n) is 5.98. The molecule has 2 nitrogen and oxygen atoms in total. The van der Waals surface area contributed by atoms with Gasteiger partial charge in [-0.3, -0.25) is 0 Å². The van der Waals surface area contributed by atoms with Crippen LogP contribution in [0.4, 0.5) is 0 Å². The summed E-state index contributed by atoms with van der Waals surface area (Å²) in [5.74, 6) is 1.44. The van der Waals surface area contributed by atoms with Gasteiger partial charge in [0, 0.05) is 13.6 Å². The first-order chi connectivity index (χ1) is 9.97. The summed E-state index contributed by atoms with van der Waals surface area (Å²) < 4.78 is 13.7. The number of benzene rings is 2. The second kappa shape index (κ2) is 7.53. The van der Waals surface area contributed by atoms with E-state index >= 15 is 0 Å². The standard InChI is InChI=1S/C15H12Br2ClIO2/c1-20-13-7-11(17)14(21-2)6-10(13)15(18)9-5-8(16)3-4-12(9)19/h3-7,15H,1-2H3. The predicted octanol–water partition coefficient (Wildman–Crippen LogP) is 6.16. The van der Waals surface area contributed by atoms with Crippen LogP contribution in [0.3, 0.4) is 0 Å². The van der Waals surface area contributed by atoms with E-state index in [4.69, 9.17) is 21.1 Å². The van der Waals surface area contributed by atoms with Crippen LogP contribution in [0.2, 0.25) is 0 Å². The van der Waals surface area contributed by atoms with E-state index in [1.54, 1.807) is 14.2 Å². The molecule has 21 heavy (non-hydrogen) atoms. The molecule has 0 aliphatic carbocycles. The van der Waals surface area contributed by atoms with Crippen molar-refractivity contribution in [3.05, 3.63) is 54.0 Å². The maximum absolute atomic E-state index is 6.70. The molecule has 0 fully saturated rings. The minimum Gasteiger partial charge on any atom is -0.496 e. The number of rotatable bonds is 4. The molecular formula is C15H12Br2ClIO2. The molecule has 0 aliphatic heterocycles. The van der Waals surface area contributed by atoms with Gasteiger partial charge in [0.1, 0.15) is 11.5 Å². The predicted molar refractivity (Wildman–Crippen MR) is 102 cm³/mol. The second-order valence-corrected chi connectivity index (χ2v) is 7.63. The summed E-state index contributed by atoms with van der Waals surface area (Å²) in [4.78, 5) is 0. The van der Waals surface area contributed by atoms with Crippen LogP contribution in [-0.2, 0) is 0 Å². The third-order valence-corrected chi connectivity index (χ3v) is 5.57. The fourth-order valence-electron chi connectivity index (χ4n) is 1.96. The van der Waals surface area contributed by atoms with Crippen LogP contribution < -0.4 is 9.47 Å². The lowest BCUT2D eigenvalue weighted by atomic mass is 10.0. The molecule has 0 amide bonds. The number of ether oxygens (including phenoxy) is 2. The largest absolute Gasteiger partial charge is 0.496 e. The quantitative estimate of drug-likeness (QED) is 0.338. The van der Waals surface area contributed by atoms with E-state index in [9.17, 15) is 0 Å². The maximum Gasteiger partial charge on any atom is 0.133 e. The zero-order valence-electron chi connectivity index (χ0n) is 11.3. The van der Waals surface area contributed by atoms with E-state index in [1.165, 1.54) is 0 Å². The minimum atomic E-state index is -0.327. The molecule has 0 radical (unpaired) electrons. The molecule has 0 bridgehead atoms. The summed E-state index contributed by atoms with van der Waals surface area (Å²) in [6.45, 7) is 0. The summed E-state index contributed by atoms with van der Waals surface area (Å²) >= 11 is 15.9. The lowest BCUT2D eigenvalue weighted by molar-refractivity contribution is 0.397. The summed E-state index contributed by atoms with van der Waals surface area (Å²) in [7, 11) is 3.26. The van der Waals surface area contributed by atoms with E-state index in [0.29, 0.717) is 0 Å². The van der Waals surface area contributed by atoms with Crippen LogP contribution in [0.25, 0.3) is 0 Å². The number of hydrogen-bond acceptors (Lipinski definition) is 2. The van der Waals surface area contributed by atoms with Crippen LogP contribution in [0.1, 0.15) is 16.5 Å². The molecule has 0 aromatic heterocycles. The zero-order valence-corrected chi connectivity index (χ0v) is 17.4. The number of alkyl halides is 1. The Kier molecular flexibility index (Phi) is 6.23. The summed E-state index contributed by atoms with van der Waals surface area (Å²) in [6, 6.07) is 9.81. The molecule has 0 aliphatic rings. The topological polar surface area (TPSA) is 18.5 Å². The average Bonchev–Trinajstić information content (AvgIpc) is 2.48. The highest BCUT2D eigenvalue weighted by Gasteiger charge is 2.20. The van der Waals surface area contributed by atoms with Crippen molar-refractivity contribution in [1.82, 2.24) is 0 Å². The molecule has 1 unspecified atom stereocenters. The highest BCUT2D eigenvalue weighted by molar-refractivity contribution is 14.1. The fourth-order valence-corrected chi connectivity index (χ4v) is 4.00. The SMILES string of the molecule is COc1cc(C(Cl)c2cc(Br)ccc2I)c(OC)cc1Br. The number of methoxy groups -OCH3 is 2. The average molecular weight is 546 g/mol. The Morgan fingerprint density at radius 3 is 2.29 bits per heavy atom. The van der Waals surface area contributed by atoms with E-state index in [2.05, 4.69) is 54.5 Å². The van der Waals surface area contributed by atoms with Crippen molar-refractivity contribution in [2.45, 2.75) is 5.38 Å². The van der Waals surface area contributed by atoms with Crippen LogP contribution >= 0.6 is 66.1 Å². The van der Waals surface area contributed by atoms with Gasteiger partial charge in [0.2, 0.25) is 0 Å². The van der Waals surface area contributed by atoms with Gasteiger partial charge < -0.3 is 9.47 Å². The first kappa shape index (κ1) is 17.4. The van der Waals surface area contributed by atoms with Crippen molar-refractivity contribution >= 4 is 66.1 Å². The molecule has 0 saturated heterocycles. The van der Waals surface area contributed by atoms with Crippen LogP contribution in [0.15, 0.2) is 39.3 Å². The van der Waals surface area contributed by atoms with Crippen molar-refractivity contribution < 1.29 is 9.47 Å². The van der Waals surface area contributed by atoms with Gasteiger partial charge in [0.25, 0.3) is 0 Å². The highest BCUT2D eigenvalue weighted by Crippen LogP contribution is 2.42. The van der Waals surface area contributed by atoms with Gasteiger partial charge in [-0.25, -0.2) is 0 Å². The molecule has 2 aromatic carbocycles. The Bertz CT molecular complexity index is 664. The van der Waals surface area contributed by atoms with Gasteiger partial charge in [-0.1, -0.05) is 15.9 Å². The Morgan fingerprint density at radius 1 is 1.00 bits per heavy atom. The van der Waals surface area contributed by atoms with Gasteiger partial charge in [-0.15, -0.1) is 11.6 Å². The highest BCUT2D eigenvalue weighted by atomic mass is 127. The van der Waals surface area contributed by atoms with E-state index in [1.807, 2.05) is 30.3 Å². The van der Waals surface area contributed by atoms with Crippen molar-refractivity contribution in [2.75, 3.05) is 14.2 Å². The molecule has 2 rings (SSSR count). The fraction of sp³-hybridized carbons (Fsp3) is 0.200. The van der Waals surface area contributed by atoms with Gasteiger partial charge in [-0.05, 0) is 74.4 Å². The lowest BCUT2D eigenvalue weighted by Gasteiger charge is -2.18. The second-order valence-electron chi connectivity index (χ2n) is 4.26. The maximum atomic E-state index is 6.70. The third kappa shape index (κ3) is 3.86. The normalized spacial score (nSPS) is 12.1. The van der Waals surface area contributed by atoms with Crippen molar-refractivity contribution in [3.8, 4) is 11.5 Å².